The maximum absolute atomic E-state index is 13.0. The van der Waals surface area contributed by atoms with Gasteiger partial charge in [-0.15, -0.1) is 0 Å². The summed E-state index contributed by atoms with van der Waals surface area (Å²) in [6.07, 6.45) is 0.751. The van der Waals surface area contributed by atoms with E-state index in [0.717, 1.165) is 5.56 Å². The maximum Gasteiger partial charge on any atom is 0.258 e. The topological polar surface area (TPSA) is 94.9 Å². The van der Waals surface area contributed by atoms with Crippen LogP contribution in [0.4, 0.5) is 15.9 Å². The average Bonchev–Trinajstić information content (AvgIpc) is 3.32. The van der Waals surface area contributed by atoms with E-state index >= 15 is 0 Å². The first-order chi connectivity index (χ1) is 12.9. The van der Waals surface area contributed by atoms with Crippen molar-refractivity contribution in [3.05, 3.63) is 50.2 Å². The summed E-state index contributed by atoms with van der Waals surface area (Å²) >= 11 is 8.20. The molecule has 27 heavy (non-hydrogen) atoms. The predicted octanol–water partition coefficient (Wildman–Crippen LogP) is 3.95. The van der Waals surface area contributed by atoms with Crippen LogP contribution in [0.5, 0.6) is 0 Å². The third kappa shape index (κ3) is 4.73. The first kappa shape index (κ1) is 19.5. The van der Waals surface area contributed by atoms with Crippen LogP contribution in [0.25, 0.3) is 0 Å². The number of amides is 2. The number of anilines is 2. The Morgan fingerprint density at radius 3 is 2.74 bits per heavy atom. The van der Waals surface area contributed by atoms with Crippen LogP contribution in [-0.4, -0.2) is 23.0 Å². The largest absolute Gasteiger partial charge is 0.322 e. The van der Waals surface area contributed by atoms with Gasteiger partial charge >= 0.3 is 0 Å². The number of carbonyl (C=O) groups is 2. The molecule has 9 heteroatoms. The lowest BCUT2D eigenvalue weighted by atomic mass is 10.1. The lowest BCUT2D eigenvalue weighted by Crippen LogP contribution is -2.17. The summed E-state index contributed by atoms with van der Waals surface area (Å²) in [5, 5.41) is 14.3. The van der Waals surface area contributed by atoms with Gasteiger partial charge in [0.05, 0.1) is 29.0 Å². The zero-order valence-electron chi connectivity index (χ0n) is 13.8. The summed E-state index contributed by atoms with van der Waals surface area (Å²) in [5.41, 5.74) is 1.43. The van der Waals surface area contributed by atoms with Gasteiger partial charge in [-0.3, -0.25) is 9.59 Å². The molecular weight excluding hydrogens is 486 g/mol. The van der Waals surface area contributed by atoms with Crippen molar-refractivity contribution in [3.63, 3.8) is 0 Å². The Balaban J connectivity index is 1.74. The van der Waals surface area contributed by atoms with Crippen molar-refractivity contribution < 1.29 is 14.0 Å². The number of rotatable bonds is 5. The van der Waals surface area contributed by atoms with Gasteiger partial charge in [0.25, 0.3) is 5.91 Å². The van der Waals surface area contributed by atoms with Crippen molar-refractivity contribution in [1.82, 2.24) is 4.98 Å². The van der Waals surface area contributed by atoms with E-state index < -0.39 is 23.9 Å². The summed E-state index contributed by atoms with van der Waals surface area (Å²) in [6, 6.07) is 8.40. The molecule has 3 rings (SSSR count). The van der Waals surface area contributed by atoms with E-state index in [9.17, 15) is 14.0 Å². The normalized spacial score (nSPS) is 17.7. The van der Waals surface area contributed by atoms with Gasteiger partial charge < -0.3 is 10.6 Å². The predicted molar refractivity (Wildman–Crippen MR) is 107 cm³/mol. The highest BCUT2D eigenvalue weighted by atomic mass is 127. The number of alkyl halides is 1. The van der Waals surface area contributed by atoms with E-state index in [2.05, 4.69) is 15.6 Å². The zero-order valence-corrected chi connectivity index (χ0v) is 16.7. The Hall–Kier alpha value is -2.25. The molecule has 0 spiro atoms. The molecule has 0 unspecified atom stereocenters. The molecule has 2 atom stereocenters. The fourth-order valence-electron chi connectivity index (χ4n) is 2.46. The molecule has 0 aliphatic heterocycles. The van der Waals surface area contributed by atoms with Gasteiger partial charge in [-0.1, -0.05) is 11.6 Å². The van der Waals surface area contributed by atoms with Crippen LogP contribution in [0, 0.1) is 20.8 Å². The van der Waals surface area contributed by atoms with Crippen molar-refractivity contribution in [2.75, 3.05) is 10.6 Å². The van der Waals surface area contributed by atoms with Crippen LogP contribution >= 0.6 is 34.2 Å². The molecule has 2 N–H and O–H groups in total. The van der Waals surface area contributed by atoms with Crippen molar-refractivity contribution in [3.8, 4) is 6.07 Å². The number of aromatic nitrogens is 1. The molecule has 1 aromatic heterocycles. The molecule has 1 heterocycles. The molecule has 2 amide bonds. The van der Waals surface area contributed by atoms with Crippen molar-refractivity contribution >= 4 is 57.5 Å². The van der Waals surface area contributed by atoms with E-state index in [1.54, 1.807) is 18.2 Å². The van der Waals surface area contributed by atoms with E-state index in [-0.39, 0.29) is 23.7 Å². The maximum atomic E-state index is 13.0. The summed E-state index contributed by atoms with van der Waals surface area (Å²) in [6.45, 7) is 0. The number of carbonyl (C=O) groups excluding carboxylic acids is 2. The highest BCUT2D eigenvalue weighted by molar-refractivity contribution is 14.1. The lowest BCUT2D eigenvalue weighted by Gasteiger charge is -2.11. The van der Waals surface area contributed by atoms with Gasteiger partial charge in [0.1, 0.15) is 12.0 Å². The zero-order chi connectivity index (χ0) is 19.6. The molecule has 1 aliphatic rings. The SMILES string of the molecule is N#CCc1cc(Cl)c(C(=O)Nc2ccnc(NC(=O)[C@H]3C[C@H]3F)c2)c(I)c1. The fourth-order valence-corrected chi connectivity index (χ4v) is 3.88. The van der Waals surface area contributed by atoms with Gasteiger partial charge in [0.2, 0.25) is 5.91 Å². The lowest BCUT2D eigenvalue weighted by molar-refractivity contribution is -0.117. The second-order valence-corrected chi connectivity index (χ2v) is 7.57. The molecule has 0 radical (unpaired) electrons. The Labute approximate surface area is 173 Å². The highest BCUT2D eigenvalue weighted by Crippen LogP contribution is 2.34. The van der Waals surface area contributed by atoms with Crippen molar-refractivity contribution in [2.24, 2.45) is 5.92 Å². The smallest absolute Gasteiger partial charge is 0.258 e. The van der Waals surface area contributed by atoms with Crippen molar-refractivity contribution in [1.29, 1.82) is 5.26 Å². The first-order valence-corrected chi connectivity index (χ1v) is 9.42. The first-order valence-electron chi connectivity index (χ1n) is 7.96. The Morgan fingerprint density at radius 2 is 2.11 bits per heavy atom. The number of benzene rings is 1. The van der Waals surface area contributed by atoms with Crippen LogP contribution in [-0.2, 0) is 11.2 Å². The molecule has 0 saturated heterocycles. The monoisotopic (exact) mass is 498 g/mol. The quantitative estimate of drug-likeness (QED) is 0.610. The molecule has 1 fully saturated rings. The molecule has 1 aliphatic carbocycles. The van der Waals surface area contributed by atoms with Gasteiger partial charge in [-0.25, -0.2) is 9.37 Å². The summed E-state index contributed by atoms with van der Waals surface area (Å²) < 4.78 is 13.6. The molecule has 1 aromatic carbocycles. The van der Waals surface area contributed by atoms with E-state index in [0.29, 0.717) is 14.8 Å². The van der Waals surface area contributed by atoms with Crippen molar-refractivity contribution in [2.45, 2.75) is 19.0 Å². The van der Waals surface area contributed by atoms with Gasteiger partial charge in [-0.2, -0.15) is 5.26 Å². The van der Waals surface area contributed by atoms with Crippen LogP contribution in [0.2, 0.25) is 5.02 Å². The average molecular weight is 499 g/mol. The third-order valence-electron chi connectivity index (χ3n) is 3.93. The van der Waals surface area contributed by atoms with Gasteiger partial charge in [0.15, 0.2) is 0 Å². The fraction of sp³-hybridized carbons (Fsp3) is 0.222. The summed E-state index contributed by atoms with van der Waals surface area (Å²) in [5.74, 6) is -1.26. The standard InChI is InChI=1S/C18H13ClFIN4O2/c19-12-5-9(1-3-22)6-14(21)16(12)18(27)24-10-2-4-23-15(7-10)25-17(26)11-8-13(11)20/h2,4-7,11,13H,1,8H2,(H2,23,24,25,26,27)/t11-,13+/m0/s1. The highest BCUT2D eigenvalue weighted by Gasteiger charge is 2.43. The molecule has 1 saturated carbocycles. The Kier molecular flexibility index (Phi) is 5.92. The minimum atomic E-state index is -1.10. The molecule has 6 nitrogen and oxygen atoms in total. The molecule has 0 bridgehead atoms. The van der Waals surface area contributed by atoms with Gasteiger partial charge in [0, 0.05) is 21.5 Å². The van der Waals surface area contributed by atoms with E-state index in [4.69, 9.17) is 16.9 Å². The van der Waals surface area contributed by atoms with Crippen LogP contribution in [0.1, 0.15) is 22.3 Å². The second-order valence-electron chi connectivity index (χ2n) is 6.00. The summed E-state index contributed by atoms with van der Waals surface area (Å²) in [7, 11) is 0. The Bertz CT molecular complexity index is 940. The molecular formula is C18H13ClFIN4O2. The van der Waals surface area contributed by atoms with Crippen LogP contribution in [0.3, 0.4) is 0 Å². The molecule has 138 valence electrons. The number of nitrogens with one attached hydrogen (secondary N) is 2. The number of nitriles is 1. The van der Waals surface area contributed by atoms with Gasteiger partial charge in [-0.05, 0) is 52.8 Å². The number of hydrogen-bond donors (Lipinski definition) is 2. The second kappa shape index (κ2) is 8.19. The van der Waals surface area contributed by atoms with Crippen LogP contribution < -0.4 is 10.6 Å². The number of pyridine rings is 1. The minimum absolute atomic E-state index is 0.200. The number of hydrogen-bond acceptors (Lipinski definition) is 4. The molecule has 2 aromatic rings. The minimum Gasteiger partial charge on any atom is -0.322 e. The third-order valence-corrected chi connectivity index (χ3v) is 5.08. The van der Waals surface area contributed by atoms with Crippen LogP contribution in [0.15, 0.2) is 30.5 Å². The van der Waals surface area contributed by atoms with E-state index in [1.165, 1.54) is 12.3 Å². The van der Waals surface area contributed by atoms with E-state index in [1.807, 2.05) is 28.7 Å². The number of halogens is 3. The summed E-state index contributed by atoms with van der Waals surface area (Å²) in [4.78, 5) is 28.4. The number of nitrogens with zero attached hydrogens (tertiary/aromatic N) is 2. The Morgan fingerprint density at radius 1 is 1.37 bits per heavy atom.